The van der Waals surface area contributed by atoms with E-state index in [1.165, 1.54) is 5.56 Å². The van der Waals surface area contributed by atoms with Gasteiger partial charge in [0, 0.05) is 18.4 Å². The van der Waals surface area contributed by atoms with Gasteiger partial charge in [0.2, 0.25) is 5.95 Å². The van der Waals surface area contributed by atoms with Crippen LogP contribution in [0.2, 0.25) is 0 Å². The van der Waals surface area contributed by atoms with Gasteiger partial charge in [-0.15, -0.1) is 0 Å². The zero-order valence-electron chi connectivity index (χ0n) is 10.7. The van der Waals surface area contributed by atoms with Gasteiger partial charge in [-0.1, -0.05) is 24.6 Å². The van der Waals surface area contributed by atoms with Crippen molar-refractivity contribution >= 4 is 11.6 Å². The van der Waals surface area contributed by atoms with E-state index in [9.17, 15) is 0 Å². The Morgan fingerprint density at radius 1 is 1.18 bits per heavy atom. The summed E-state index contributed by atoms with van der Waals surface area (Å²) in [4.78, 5) is 4.50. The summed E-state index contributed by atoms with van der Waals surface area (Å²) in [5.41, 5.74) is 3.40. The van der Waals surface area contributed by atoms with Gasteiger partial charge in [0.25, 0.3) is 0 Å². The first-order valence-electron chi connectivity index (χ1n) is 6.06. The van der Waals surface area contributed by atoms with Crippen LogP contribution < -0.4 is 5.32 Å². The van der Waals surface area contributed by atoms with E-state index < -0.39 is 0 Å². The molecule has 1 aromatic heterocycles. The van der Waals surface area contributed by atoms with Crippen molar-refractivity contribution in [3.8, 4) is 0 Å². The molecule has 0 atom stereocenters. The predicted octanol–water partition coefficient (Wildman–Crippen LogP) is 3.65. The van der Waals surface area contributed by atoms with Crippen molar-refractivity contribution in [2.24, 2.45) is 0 Å². The first-order valence-corrected chi connectivity index (χ1v) is 6.06. The quantitative estimate of drug-likeness (QED) is 0.867. The van der Waals surface area contributed by atoms with Gasteiger partial charge in [-0.25, -0.2) is 4.98 Å². The minimum absolute atomic E-state index is 0.924. The highest BCUT2D eigenvalue weighted by Crippen LogP contribution is 2.17. The molecule has 0 saturated carbocycles. The number of nitrogens with one attached hydrogen (secondary N) is 1. The van der Waals surface area contributed by atoms with Gasteiger partial charge in [0.1, 0.15) is 0 Å². The Kier molecular flexibility index (Phi) is 3.47. The third-order valence-corrected chi connectivity index (χ3v) is 2.67. The Morgan fingerprint density at radius 2 is 1.88 bits per heavy atom. The maximum Gasteiger partial charge on any atom is 0.207 e. The minimum Gasteiger partial charge on any atom is -0.326 e. The molecule has 2 aromatic rings. The lowest BCUT2D eigenvalue weighted by Gasteiger charge is -2.08. The summed E-state index contributed by atoms with van der Waals surface area (Å²) in [6.45, 7) is 7.28. The van der Waals surface area contributed by atoms with Crippen molar-refractivity contribution in [3.63, 3.8) is 0 Å². The van der Waals surface area contributed by atoms with E-state index in [1.807, 2.05) is 6.92 Å². The van der Waals surface area contributed by atoms with Crippen LogP contribution in [-0.2, 0) is 6.54 Å². The van der Waals surface area contributed by atoms with Gasteiger partial charge in [0.05, 0.1) is 5.69 Å². The smallest absolute Gasteiger partial charge is 0.207 e. The standard InChI is InChI=1S/C14H19N3/c1-4-9-17-10-12(3)15-14(17)16-13-7-5-11(2)6-8-13/h5-8,10H,4,9H2,1-3H3,(H,15,16). The first-order chi connectivity index (χ1) is 8.19. The van der Waals surface area contributed by atoms with Crippen LogP contribution in [0.3, 0.4) is 0 Å². The van der Waals surface area contributed by atoms with Crippen molar-refractivity contribution in [1.82, 2.24) is 9.55 Å². The van der Waals surface area contributed by atoms with Gasteiger partial charge in [-0.3, -0.25) is 0 Å². The van der Waals surface area contributed by atoms with E-state index in [-0.39, 0.29) is 0 Å². The summed E-state index contributed by atoms with van der Waals surface area (Å²) in [7, 11) is 0. The second-order valence-corrected chi connectivity index (χ2v) is 4.39. The number of hydrogen-bond donors (Lipinski definition) is 1. The molecule has 0 fully saturated rings. The number of aromatic nitrogens is 2. The number of anilines is 2. The SMILES string of the molecule is CCCn1cc(C)nc1Nc1ccc(C)cc1. The molecule has 0 unspecified atom stereocenters. The summed E-state index contributed by atoms with van der Waals surface area (Å²) < 4.78 is 2.16. The van der Waals surface area contributed by atoms with E-state index in [0.29, 0.717) is 0 Å². The monoisotopic (exact) mass is 229 g/mol. The van der Waals surface area contributed by atoms with E-state index in [1.54, 1.807) is 0 Å². The molecule has 1 aromatic carbocycles. The van der Waals surface area contributed by atoms with Crippen molar-refractivity contribution in [1.29, 1.82) is 0 Å². The number of aryl methyl sites for hydroxylation is 3. The summed E-state index contributed by atoms with van der Waals surface area (Å²) >= 11 is 0. The zero-order valence-corrected chi connectivity index (χ0v) is 10.7. The third kappa shape index (κ3) is 2.87. The van der Waals surface area contributed by atoms with Crippen LogP contribution in [0, 0.1) is 13.8 Å². The molecule has 90 valence electrons. The molecule has 0 radical (unpaired) electrons. The topological polar surface area (TPSA) is 29.9 Å². The second kappa shape index (κ2) is 5.04. The van der Waals surface area contributed by atoms with Gasteiger partial charge < -0.3 is 9.88 Å². The van der Waals surface area contributed by atoms with Crippen molar-refractivity contribution in [2.45, 2.75) is 33.7 Å². The van der Waals surface area contributed by atoms with Crippen LogP contribution in [0.25, 0.3) is 0 Å². The fourth-order valence-corrected chi connectivity index (χ4v) is 1.82. The maximum atomic E-state index is 4.50. The summed E-state index contributed by atoms with van der Waals surface area (Å²) in [6.07, 6.45) is 3.19. The lowest BCUT2D eigenvalue weighted by atomic mass is 10.2. The van der Waals surface area contributed by atoms with Crippen molar-refractivity contribution in [2.75, 3.05) is 5.32 Å². The average molecular weight is 229 g/mol. The average Bonchev–Trinajstić information content (AvgIpc) is 2.63. The highest BCUT2D eigenvalue weighted by atomic mass is 15.2. The Hall–Kier alpha value is -1.77. The van der Waals surface area contributed by atoms with Crippen molar-refractivity contribution < 1.29 is 0 Å². The van der Waals surface area contributed by atoms with Gasteiger partial charge in [-0.2, -0.15) is 0 Å². The predicted molar refractivity (Wildman–Crippen MR) is 71.7 cm³/mol. The van der Waals surface area contributed by atoms with E-state index in [0.717, 1.165) is 30.3 Å². The highest BCUT2D eigenvalue weighted by molar-refractivity contribution is 5.54. The Labute approximate surface area is 103 Å². The molecule has 3 heteroatoms. The summed E-state index contributed by atoms with van der Waals surface area (Å²) in [5.74, 6) is 0.924. The molecule has 17 heavy (non-hydrogen) atoms. The second-order valence-electron chi connectivity index (χ2n) is 4.39. The molecule has 1 heterocycles. The molecule has 3 nitrogen and oxygen atoms in total. The van der Waals surface area contributed by atoms with Crippen LogP contribution in [0.4, 0.5) is 11.6 Å². The molecule has 0 aliphatic heterocycles. The number of hydrogen-bond acceptors (Lipinski definition) is 2. The van der Waals surface area contributed by atoms with Crippen LogP contribution in [0.5, 0.6) is 0 Å². The van der Waals surface area contributed by atoms with Crippen LogP contribution in [0.1, 0.15) is 24.6 Å². The van der Waals surface area contributed by atoms with Crippen molar-refractivity contribution in [3.05, 3.63) is 41.7 Å². The maximum absolute atomic E-state index is 4.50. The zero-order chi connectivity index (χ0) is 12.3. The number of benzene rings is 1. The Morgan fingerprint density at radius 3 is 2.53 bits per heavy atom. The molecule has 0 bridgehead atoms. The normalized spacial score (nSPS) is 10.5. The van der Waals surface area contributed by atoms with Crippen LogP contribution >= 0.6 is 0 Å². The van der Waals surface area contributed by atoms with Gasteiger partial charge in [-0.05, 0) is 32.4 Å². The largest absolute Gasteiger partial charge is 0.326 e. The molecule has 0 amide bonds. The lowest BCUT2D eigenvalue weighted by molar-refractivity contribution is 0.686. The molecule has 1 N–H and O–H groups in total. The molecule has 0 saturated heterocycles. The number of imidazole rings is 1. The minimum atomic E-state index is 0.924. The molecule has 0 spiro atoms. The van der Waals surface area contributed by atoms with Crippen LogP contribution in [0.15, 0.2) is 30.5 Å². The highest BCUT2D eigenvalue weighted by Gasteiger charge is 2.04. The van der Waals surface area contributed by atoms with E-state index in [4.69, 9.17) is 0 Å². The molecule has 2 rings (SSSR count). The molecular weight excluding hydrogens is 210 g/mol. The first kappa shape index (κ1) is 11.7. The Balaban J connectivity index is 2.20. The summed E-state index contributed by atoms with van der Waals surface area (Å²) in [5, 5.41) is 3.36. The summed E-state index contributed by atoms with van der Waals surface area (Å²) in [6, 6.07) is 8.36. The Bertz CT molecular complexity index is 483. The van der Waals surface area contributed by atoms with E-state index in [2.05, 4.69) is 59.2 Å². The number of nitrogens with zero attached hydrogens (tertiary/aromatic N) is 2. The van der Waals surface area contributed by atoms with Gasteiger partial charge >= 0.3 is 0 Å². The fourth-order valence-electron chi connectivity index (χ4n) is 1.82. The third-order valence-electron chi connectivity index (χ3n) is 2.67. The van der Waals surface area contributed by atoms with Gasteiger partial charge in [0.15, 0.2) is 0 Å². The van der Waals surface area contributed by atoms with E-state index >= 15 is 0 Å². The molecule has 0 aliphatic carbocycles. The number of rotatable bonds is 4. The molecule has 0 aliphatic rings. The fraction of sp³-hybridized carbons (Fsp3) is 0.357. The van der Waals surface area contributed by atoms with Crippen LogP contribution in [-0.4, -0.2) is 9.55 Å². The molecular formula is C14H19N3. The lowest BCUT2D eigenvalue weighted by Crippen LogP contribution is -2.02.